The number of anilines is 2. The SMILES string of the molecule is CCOc1cc(/C=N\NC(=O)C(=O)Nc2c(C)cccc2C)cc(I)c1OCC(=O)Nc1ccc(Cl)cc1. The molecular formula is C27H26ClIN4O5. The van der Waals surface area contributed by atoms with E-state index in [1.807, 2.05) is 39.0 Å². The molecule has 3 aromatic rings. The molecule has 0 aromatic heterocycles. The van der Waals surface area contributed by atoms with Crippen LogP contribution in [0.3, 0.4) is 0 Å². The molecule has 0 atom stereocenters. The molecule has 11 heteroatoms. The molecule has 3 amide bonds. The Morgan fingerprint density at radius 3 is 2.32 bits per heavy atom. The summed E-state index contributed by atoms with van der Waals surface area (Å²) in [4.78, 5) is 36.8. The third-order valence-corrected chi connectivity index (χ3v) is 6.17. The highest BCUT2D eigenvalue weighted by molar-refractivity contribution is 14.1. The van der Waals surface area contributed by atoms with Crippen LogP contribution in [0, 0.1) is 17.4 Å². The number of carbonyl (C=O) groups excluding carboxylic acids is 3. The van der Waals surface area contributed by atoms with E-state index in [4.69, 9.17) is 21.1 Å². The highest BCUT2D eigenvalue weighted by atomic mass is 127. The lowest BCUT2D eigenvalue weighted by Gasteiger charge is -2.14. The van der Waals surface area contributed by atoms with E-state index in [1.54, 1.807) is 36.4 Å². The quantitative estimate of drug-likeness (QED) is 0.130. The fourth-order valence-electron chi connectivity index (χ4n) is 3.33. The van der Waals surface area contributed by atoms with E-state index >= 15 is 0 Å². The topological polar surface area (TPSA) is 118 Å². The standard InChI is InChI=1S/C27H26ClIN4O5/c1-4-37-22-13-18(14-30-33-27(36)26(35)32-24-16(2)6-5-7-17(24)3)12-21(29)25(22)38-15-23(34)31-20-10-8-19(28)9-11-20/h5-14H,4,15H2,1-3H3,(H,31,34)(H,32,35)(H,33,36)/b30-14-. The average Bonchev–Trinajstić information content (AvgIpc) is 2.87. The van der Waals surface area contributed by atoms with Gasteiger partial charge in [-0.1, -0.05) is 29.8 Å². The monoisotopic (exact) mass is 648 g/mol. The first kappa shape index (κ1) is 28.9. The summed E-state index contributed by atoms with van der Waals surface area (Å²) in [5.74, 6) is -1.29. The summed E-state index contributed by atoms with van der Waals surface area (Å²) < 4.78 is 12.1. The van der Waals surface area contributed by atoms with Gasteiger partial charge in [0, 0.05) is 16.4 Å². The Kier molecular flexibility index (Phi) is 10.5. The maximum absolute atomic E-state index is 12.3. The molecule has 9 nitrogen and oxygen atoms in total. The normalized spacial score (nSPS) is 10.7. The molecule has 0 unspecified atom stereocenters. The Morgan fingerprint density at radius 2 is 1.66 bits per heavy atom. The van der Waals surface area contributed by atoms with Gasteiger partial charge in [-0.2, -0.15) is 5.10 Å². The summed E-state index contributed by atoms with van der Waals surface area (Å²) in [6.07, 6.45) is 1.38. The van der Waals surface area contributed by atoms with Crippen LogP contribution in [0.4, 0.5) is 11.4 Å². The van der Waals surface area contributed by atoms with E-state index in [0.29, 0.717) is 43.6 Å². The molecule has 0 saturated heterocycles. The molecule has 3 aromatic carbocycles. The van der Waals surface area contributed by atoms with Crippen LogP contribution in [0.5, 0.6) is 11.5 Å². The molecule has 0 aliphatic rings. The lowest BCUT2D eigenvalue weighted by atomic mass is 10.1. The van der Waals surface area contributed by atoms with Crippen molar-refractivity contribution in [2.75, 3.05) is 23.8 Å². The van der Waals surface area contributed by atoms with Crippen molar-refractivity contribution in [3.05, 3.63) is 79.9 Å². The second-order valence-electron chi connectivity index (χ2n) is 8.03. The molecule has 0 radical (unpaired) electrons. The van der Waals surface area contributed by atoms with Gasteiger partial charge in [-0.15, -0.1) is 0 Å². The smallest absolute Gasteiger partial charge is 0.329 e. The second-order valence-corrected chi connectivity index (χ2v) is 9.63. The van der Waals surface area contributed by atoms with Crippen molar-refractivity contribution in [2.45, 2.75) is 20.8 Å². The molecular weight excluding hydrogens is 623 g/mol. The summed E-state index contributed by atoms with van der Waals surface area (Å²) in [5.41, 5.74) is 5.69. The number of hydrazone groups is 1. The third-order valence-electron chi connectivity index (χ3n) is 5.11. The fourth-order valence-corrected chi connectivity index (χ4v) is 4.24. The molecule has 0 aliphatic carbocycles. The lowest BCUT2D eigenvalue weighted by Crippen LogP contribution is -2.32. The van der Waals surface area contributed by atoms with E-state index in [0.717, 1.165) is 11.1 Å². The summed E-state index contributed by atoms with van der Waals surface area (Å²) in [6.45, 7) is 5.63. The molecule has 3 rings (SSSR count). The summed E-state index contributed by atoms with van der Waals surface area (Å²) in [5, 5.41) is 9.80. The number of amides is 3. The van der Waals surface area contributed by atoms with Crippen molar-refractivity contribution in [3.8, 4) is 11.5 Å². The van der Waals surface area contributed by atoms with Crippen molar-refractivity contribution in [2.24, 2.45) is 5.10 Å². The Balaban J connectivity index is 1.62. The second kappa shape index (κ2) is 13.8. The first-order valence-electron chi connectivity index (χ1n) is 11.5. The molecule has 0 heterocycles. The van der Waals surface area contributed by atoms with Gasteiger partial charge in [0.15, 0.2) is 18.1 Å². The number of hydrogen-bond donors (Lipinski definition) is 3. The number of para-hydroxylation sites is 1. The minimum atomic E-state index is -0.907. The Labute approximate surface area is 239 Å². The van der Waals surface area contributed by atoms with Gasteiger partial charge >= 0.3 is 11.8 Å². The van der Waals surface area contributed by atoms with Crippen LogP contribution < -0.4 is 25.5 Å². The molecule has 0 spiro atoms. The number of nitrogens with zero attached hydrogens (tertiary/aromatic N) is 1. The summed E-state index contributed by atoms with van der Waals surface area (Å²) in [6, 6.07) is 15.7. The van der Waals surface area contributed by atoms with Gasteiger partial charge in [0.05, 0.1) is 16.4 Å². The number of ether oxygens (including phenoxy) is 2. The summed E-state index contributed by atoms with van der Waals surface area (Å²) >= 11 is 7.92. The van der Waals surface area contributed by atoms with Crippen LogP contribution in [0.15, 0.2) is 59.7 Å². The van der Waals surface area contributed by atoms with E-state index in [-0.39, 0.29) is 12.5 Å². The first-order valence-corrected chi connectivity index (χ1v) is 13.0. The number of carbonyl (C=O) groups is 3. The number of halogens is 2. The average molecular weight is 649 g/mol. The van der Waals surface area contributed by atoms with E-state index < -0.39 is 11.8 Å². The maximum atomic E-state index is 12.3. The van der Waals surface area contributed by atoms with Crippen LogP contribution in [-0.4, -0.2) is 37.1 Å². The van der Waals surface area contributed by atoms with Crippen molar-refractivity contribution in [1.29, 1.82) is 0 Å². The van der Waals surface area contributed by atoms with Gasteiger partial charge < -0.3 is 20.1 Å². The van der Waals surface area contributed by atoms with E-state index in [2.05, 4.69) is 43.8 Å². The Morgan fingerprint density at radius 1 is 0.974 bits per heavy atom. The minimum absolute atomic E-state index is 0.238. The highest BCUT2D eigenvalue weighted by Crippen LogP contribution is 2.34. The first-order chi connectivity index (χ1) is 18.2. The molecule has 0 aliphatic heterocycles. The number of benzene rings is 3. The van der Waals surface area contributed by atoms with Crippen molar-refractivity contribution >= 4 is 69.5 Å². The molecule has 0 bridgehead atoms. The van der Waals surface area contributed by atoms with Gasteiger partial charge in [-0.3, -0.25) is 14.4 Å². The van der Waals surface area contributed by atoms with Gasteiger partial charge in [0.2, 0.25) is 0 Å². The van der Waals surface area contributed by atoms with Gasteiger partial charge in [0.25, 0.3) is 5.91 Å². The van der Waals surface area contributed by atoms with E-state index in [9.17, 15) is 14.4 Å². The van der Waals surface area contributed by atoms with Crippen molar-refractivity contribution in [1.82, 2.24) is 5.43 Å². The largest absolute Gasteiger partial charge is 0.490 e. The minimum Gasteiger partial charge on any atom is -0.490 e. The van der Waals surface area contributed by atoms with Gasteiger partial charge in [-0.25, -0.2) is 5.43 Å². The van der Waals surface area contributed by atoms with Crippen LogP contribution >= 0.6 is 34.2 Å². The Bertz CT molecular complexity index is 1340. The molecule has 0 saturated carbocycles. The summed E-state index contributed by atoms with van der Waals surface area (Å²) in [7, 11) is 0. The highest BCUT2D eigenvalue weighted by Gasteiger charge is 2.16. The molecule has 198 valence electrons. The number of nitrogens with one attached hydrogen (secondary N) is 3. The maximum Gasteiger partial charge on any atom is 0.329 e. The zero-order valence-electron chi connectivity index (χ0n) is 20.9. The fraction of sp³-hybridized carbons (Fsp3) is 0.185. The zero-order chi connectivity index (χ0) is 27.7. The van der Waals surface area contributed by atoms with Crippen molar-refractivity contribution < 1.29 is 23.9 Å². The molecule has 38 heavy (non-hydrogen) atoms. The predicted molar refractivity (Wildman–Crippen MR) is 156 cm³/mol. The predicted octanol–water partition coefficient (Wildman–Crippen LogP) is 5.07. The molecule has 3 N–H and O–H groups in total. The van der Waals surface area contributed by atoms with Gasteiger partial charge in [0.1, 0.15) is 0 Å². The van der Waals surface area contributed by atoms with Crippen LogP contribution in [0.1, 0.15) is 23.6 Å². The van der Waals surface area contributed by atoms with Crippen LogP contribution in [-0.2, 0) is 14.4 Å². The Hall–Kier alpha value is -3.64. The van der Waals surface area contributed by atoms with Crippen LogP contribution in [0.25, 0.3) is 0 Å². The van der Waals surface area contributed by atoms with Crippen LogP contribution in [0.2, 0.25) is 5.02 Å². The molecule has 0 fully saturated rings. The lowest BCUT2D eigenvalue weighted by molar-refractivity contribution is -0.136. The number of hydrogen-bond acceptors (Lipinski definition) is 6. The number of rotatable bonds is 9. The van der Waals surface area contributed by atoms with Crippen molar-refractivity contribution in [3.63, 3.8) is 0 Å². The van der Waals surface area contributed by atoms with E-state index in [1.165, 1.54) is 6.21 Å². The number of aryl methyl sites for hydroxylation is 2. The zero-order valence-corrected chi connectivity index (χ0v) is 23.8. The van der Waals surface area contributed by atoms with Gasteiger partial charge in [-0.05, 0) is 96.5 Å². The third kappa shape index (κ3) is 8.18.